The third-order valence-corrected chi connectivity index (χ3v) is 8.73. The van der Waals surface area contributed by atoms with E-state index in [1.54, 1.807) is 36.4 Å². The van der Waals surface area contributed by atoms with E-state index in [4.69, 9.17) is 24.4 Å². The zero-order chi connectivity index (χ0) is 40.8. The molecule has 1 aromatic heterocycles. The number of hydrogen-bond acceptors (Lipinski definition) is 11. The molecule has 0 radical (unpaired) electrons. The fourth-order valence-corrected chi connectivity index (χ4v) is 5.57. The van der Waals surface area contributed by atoms with E-state index < -0.39 is 36.1 Å². The van der Waals surface area contributed by atoms with Crippen molar-refractivity contribution < 1.29 is 42.9 Å². The van der Waals surface area contributed by atoms with Gasteiger partial charge >= 0.3 is 18.0 Å². The van der Waals surface area contributed by atoms with Gasteiger partial charge in [-0.05, 0) is 79.6 Å². The summed E-state index contributed by atoms with van der Waals surface area (Å²) >= 11 is 0. The van der Waals surface area contributed by atoms with E-state index in [-0.39, 0.29) is 52.9 Å². The van der Waals surface area contributed by atoms with Gasteiger partial charge in [-0.1, -0.05) is 52.7 Å². The Morgan fingerprint density at radius 2 is 1.68 bits per heavy atom. The van der Waals surface area contributed by atoms with E-state index in [0.717, 1.165) is 38.5 Å². The highest BCUT2D eigenvalue weighted by atomic mass is 16.7. The highest BCUT2D eigenvalue weighted by Crippen LogP contribution is 2.35. The van der Waals surface area contributed by atoms with E-state index in [2.05, 4.69) is 34.4 Å². The molecule has 0 spiro atoms. The van der Waals surface area contributed by atoms with E-state index in [9.17, 15) is 24.0 Å². The third kappa shape index (κ3) is 12.5. The highest BCUT2D eigenvalue weighted by molar-refractivity contribution is 6.11. The lowest BCUT2D eigenvalue weighted by Crippen LogP contribution is -2.31. The van der Waals surface area contributed by atoms with Crippen LogP contribution in [-0.2, 0) is 19.0 Å². The number of carbonyl (C=O) groups is 5. The quantitative estimate of drug-likeness (QED) is 0.0311. The van der Waals surface area contributed by atoms with Gasteiger partial charge in [0.25, 0.3) is 11.8 Å². The molecular weight excluding hydrogens is 718 g/mol. The lowest BCUT2D eigenvalue weighted by molar-refractivity contribution is -0.166. The van der Waals surface area contributed by atoms with Gasteiger partial charge in [-0.15, -0.1) is 0 Å². The minimum Gasteiger partial charge on any atom is -0.496 e. The normalized spacial score (nSPS) is 12.5. The highest BCUT2D eigenvalue weighted by Gasteiger charge is 2.28. The van der Waals surface area contributed by atoms with Gasteiger partial charge in [-0.3, -0.25) is 25.1 Å². The lowest BCUT2D eigenvalue weighted by Gasteiger charge is -2.19. The summed E-state index contributed by atoms with van der Waals surface area (Å²) in [5, 5.41) is 16.4. The standard InChI is InChI=1S/C42H51N5O9/c1-7-9-10-11-20-54-42(52)47-38(43)29-14-16-30(17-15-29)45-39(49)33-22-28(8-2)35(53-6)23-32(33)31-18-19-34(40(50)44-24-27-12-13-27)46-37(31)41(51)56-26(5)55-36(48)21-25(3)4/h8,14-19,22-23,25-27H,2,7,9-13,20-21,24H2,1,3-6H3,(H,44,50)(H,45,49)(H2,43,47,52). The molecule has 3 amide bonds. The number of nitrogens with one attached hydrogen (secondary N) is 4. The van der Waals surface area contributed by atoms with Crippen LogP contribution in [0.4, 0.5) is 10.5 Å². The Hall–Kier alpha value is -6.05. The number of aromatic nitrogens is 1. The number of anilines is 1. The monoisotopic (exact) mass is 769 g/mol. The van der Waals surface area contributed by atoms with Crippen LogP contribution in [0.15, 0.2) is 55.1 Å². The number of pyridine rings is 1. The zero-order valence-corrected chi connectivity index (χ0v) is 32.6. The second kappa shape index (κ2) is 20.6. The Bertz CT molecular complexity index is 1920. The van der Waals surface area contributed by atoms with Gasteiger partial charge < -0.3 is 29.6 Å². The zero-order valence-electron chi connectivity index (χ0n) is 32.6. The van der Waals surface area contributed by atoms with Gasteiger partial charge in [-0.25, -0.2) is 14.6 Å². The molecule has 1 saturated carbocycles. The van der Waals surface area contributed by atoms with Crippen molar-refractivity contribution in [2.45, 2.75) is 78.9 Å². The Morgan fingerprint density at radius 1 is 0.946 bits per heavy atom. The van der Waals surface area contributed by atoms with Crippen molar-refractivity contribution in [3.8, 4) is 16.9 Å². The number of rotatable bonds is 19. The molecule has 0 aliphatic heterocycles. The number of carbonyl (C=O) groups excluding carboxylic acids is 5. The van der Waals surface area contributed by atoms with Crippen LogP contribution in [0.1, 0.15) is 115 Å². The van der Waals surface area contributed by atoms with Crippen molar-refractivity contribution in [3.05, 3.63) is 83.2 Å². The van der Waals surface area contributed by atoms with Gasteiger partial charge in [0.05, 0.1) is 13.7 Å². The van der Waals surface area contributed by atoms with Crippen molar-refractivity contribution in [2.75, 3.05) is 25.6 Å². The van der Waals surface area contributed by atoms with Crippen LogP contribution in [0.25, 0.3) is 17.2 Å². The molecule has 298 valence electrons. The largest absolute Gasteiger partial charge is 0.496 e. The predicted molar refractivity (Wildman–Crippen MR) is 212 cm³/mol. The maximum absolute atomic E-state index is 14.0. The summed E-state index contributed by atoms with van der Waals surface area (Å²) in [6.45, 7) is 11.8. The summed E-state index contributed by atoms with van der Waals surface area (Å²) < 4.78 is 21.5. The smallest absolute Gasteiger partial charge is 0.412 e. The van der Waals surface area contributed by atoms with Crippen molar-refractivity contribution in [1.29, 1.82) is 5.41 Å². The average Bonchev–Trinajstić information content (AvgIpc) is 4.00. The summed E-state index contributed by atoms with van der Waals surface area (Å²) in [5.41, 5.74) is 1.33. The average molecular weight is 770 g/mol. The Balaban J connectivity index is 1.63. The first-order valence-electron chi connectivity index (χ1n) is 18.8. The molecule has 1 heterocycles. The van der Waals surface area contributed by atoms with Crippen LogP contribution in [-0.4, -0.2) is 67.2 Å². The lowest BCUT2D eigenvalue weighted by atomic mass is 9.94. The number of methoxy groups -OCH3 is 1. The number of unbranched alkanes of at least 4 members (excludes halogenated alkanes) is 3. The van der Waals surface area contributed by atoms with Crippen molar-refractivity contribution in [1.82, 2.24) is 15.6 Å². The number of benzene rings is 2. The minimum absolute atomic E-state index is 0.0199. The molecule has 4 rings (SSSR count). The Morgan fingerprint density at radius 3 is 2.32 bits per heavy atom. The second-order valence-electron chi connectivity index (χ2n) is 13.9. The fourth-order valence-electron chi connectivity index (χ4n) is 5.57. The molecule has 3 aromatic rings. The van der Waals surface area contributed by atoms with Crippen LogP contribution in [0.5, 0.6) is 5.75 Å². The first-order chi connectivity index (χ1) is 26.8. The number of amidine groups is 1. The summed E-state index contributed by atoms with van der Waals surface area (Å²) in [4.78, 5) is 69.8. The summed E-state index contributed by atoms with van der Waals surface area (Å²) in [7, 11) is 1.45. The van der Waals surface area contributed by atoms with Gasteiger partial charge in [0.1, 0.15) is 17.3 Å². The molecule has 14 heteroatoms. The van der Waals surface area contributed by atoms with E-state index in [1.807, 2.05) is 13.8 Å². The van der Waals surface area contributed by atoms with Crippen LogP contribution in [0.2, 0.25) is 0 Å². The van der Waals surface area contributed by atoms with Gasteiger partial charge in [-0.2, -0.15) is 0 Å². The Labute approximate surface area is 327 Å². The van der Waals surface area contributed by atoms with E-state index in [1.165, 1.54) is 32.2 Å². The molecule has 1 aliphatic carbocycles. The van der Waals surface area contributed by atoms with Crippen LogP contribution in [0.3, 0.4) is 0 Å². The molecule has 14 nitrogen and oxygen atoms in total. The fraction of sp³-hybridized carbons (Fsp3) is 0.405. The first-order valence-corrected chi connectivity index (χ1v) is 18.8. The van der Waals surface area contributed by atoms with Crippen molar-refractivity contribution >= 4 is 47.4 Å². The number of esters is 2. The molecule has 2 aromatic carbocycles. The topological polar surface area (TPSA) is 195 Å². The van der Waals surface area contributed by atoms with Gasteiger partial charge in [0.2, 0.25) is 6.29 Å². The van der Waals surface area contributed by atoms with Gasteiger partial charge in [0, 0.05) is 53.4 Å². The number of alkyl carbamates (subject to hydrolysis) is 1. The number of nitrogens with zero attached hydrogens (tertiary/aromatic N) is 1. The molecule has 1 unspecified atom stereocenters. The SMILES string of the molecule is C=Cc1cc(C(=O)Nc2ccc(C(=N)NC(=O)OCCCCCC)cc2)c(-c2ccc(C(=O)NCC3CC3)nc2C(=O)OC(C)OC(=O)CC(C)C)cc1OC. The molecule has 56 heavy (non-hydrogen) atoms. The van der Waals surface area contributed by atoms with E-state index >= 15 is 0 Å². The second-order valence-corrected chi connectivity index (χ2v) is 13.9. The molecule has 0 saturated heterocycles. The molecule has 1 atom stereocenters. The summed E-state index contributed by atoms with van der Waals surface area (Å²) in [6.07, 6.45) is 5.48. The maximum Gasteiger partial charge on any atom is 0.412 e. The maximum atomic E-state index is 14.0. The summed E-state index contributed by atoms with van der Waals surface area (Å²) in [5.74, 6) is -2.04. The van der Waals surface area contributed by atoms with Crippen LogP contribution < -0.4 is 20.7 Å². The van der Waals surface area contributed by atoms with Crippen LogP contribution >= 0.6 is 0 Å². The summed E-state index contributed by atoms with van der Waals surface area (Å²) in [6, 6.07) is 12.3. The Kier molecular flexibility index (Phi) is 15.7. The van der Waals surface area contributed by atoms with Crippen LogP contribution in [0, 0.1) is 17.2 Å². The van der Waals surface area contributed by atoms with Crippen molar-refractivity contribution in [3.63, 3.8) is 0 Å². The molecule has 1 aliphatic rings. The molecule has 0 bridgehead atoms. The number of hydrogen-bond donors (Lipinski definition) is 4. The minimum atomic E-state index is -1.28. The van der Waals surface area contributed by atoms with E-state index in [0.29, 0.717) is 35.0 Å². The van der Waals surface area contributed by atoms with Crippen molar-refractivity contribution in [2.24, 2.45) is 11.8 Å². The number of amides is 3. The molecule has 1 fully saturated rings. The third-order valence-electron chi connectivity index (χ3n) is 8.73. The van der Waals surface area contributed by atoms with Gasteiger partial charge in [0.15, 0.2) is 5.69 Å². The molecular formula is C42H51N5O9. The number of ether oxygens (including phenoxy) is 4. The first kappa shape index (κ1) is 42.7. The molecule has 4 N–H and O–H groups in total. The predicted octanol–water partition coefficient (Wildman–Crippen LogP) is 7.52.